The highest BCUT2D eigenvalue weighted by atomic mass is 35.5. The molecule has 2 aromatic rings. The normalized spacial score (nSPS) is 10.7. The molecular formula is C12H11Cl2NO2. The van der Waals surface area contributed by atoms with Crippen LogP contribution in [0, 0.1) is 0 Å². The maximum Gasteiger partial charge on any atom is 0.157 e. The molecule has 0 fully saturated rings. The predicted octanol–water partition coefficient (Wildman–Crippen LogP) is 1.92. The lowest BCUT2D eigenvalue weighted by Gasteiger charge is -2.14. The predicted molar refractivity (Wildman–Crippen MR) is 63.9 cm³/mol. The van der Waals surface area contributed by atoms with E-state index in [0.717, 1.165) is 5.76 Å². The quantitative estimate of drug-likeness (QED) is 0.924. The van der Waals surface area contributed by atoms with Crippen molar-refractivity contribution < 1.29 is 14.8 Å². The van der Waals surface area contributed by atoms with Crippen molar-refractivity contribution in [3.05, 3.63) is 51.9 Å². The standard InChI is InChI=1S/C12H11Cl2NO2/c13-9-4-8(12(16)11(14)5-9)6-15-7-10-2-1-3-17-10/h1-5,15-16H,6-7H2. The first-order valence-electron chi connectivity index (χ1n) is 5.16. The summed E-state index contributed by atoms with van der Waals surface area (Å²) in [5.41, 5.74) is 0.606. The van der Waals surface area contributed by atoms with Crippen LogP contribution in [0.2, 0.25) is 10.0 Å². The molecule has 2 rings (SSSR count). The fraction of sp³-hybridized carbons (Fsp3) is 0.167. The first-order chi connectivity index (χ1) is 8.16. The van der Waals surface area contributed by atoms with Crippen molar-refractivity contribution >= 4 is 23.2 Å². The molecule has 3 nitrogen and oxygen atoms in total. The second-order valence-corrected chi connectivity index (χ2v) is 4.50. The zero-order chi connectivity index (χ0) is 12.3. The molecule has 0 bridgehead atoms. The molecule has 90 valence electrons. The van der Waals surface area contributed by atoms with Crippen molar-refractivity contribution in [3.63, 3.8) is 0 Å². The van der Waals surface area contributed by atoms with Crippen LogP contribution in [-0.4, -0.2) is 0 Å². The van der Waals surface area contributed by atoms with Gasteiger partial charge in [0.2, 0.25) is 0 Å². The molecule has 0 amide bonds. The first-order valence-corrected chi connectivity index (χ1v) is 5.91. The molecule has 1 aromatic carbocycles. The van der Waals surface area contributed by atoms with E-state index in [1.165, 1.54) is 6.07 Å². The Hall–Kier alpha value is -1.16. The zero-order valence-electron chi connectivity index (χ0n) is 8.95. The minimum Gasteiger partial charge on any atom is -0.871 e. The Morgan fingerprint density at radius 2 is 2.06 bits per heavy atom. The van der Waals surface area contributed by atoms with Crippen molar-refractivity contribution in [2.75, 3.05) is 0 Å². The van der Waals surface area contributed by atoms with Gasteiger partial charge in [-0.3, -0.25) is 0 Å². The number of quaternary nitrogens is 1. The molecule has 0 unspecified atom stereocenters. The molecule has 0 aliphatic rings. The fourth-order valence-electron chi connectivity index (χ4n) is 1.56. The van der Waals surface area contributed by atoms with Gasteiger partial charge in [0.05, 0.1) is 6.26 Å². The van der Waals surface area contributed by atoms with E-state index in [9.17, 15) is 5.11 Å². The summed E-state index contributed by atoms with van der Waals surface area (Å²) < 4.78 is 5.19. The molecule has 17 heavy (non-hydrogen) atoms. The van der Waals surface area contributed by atoms with Crippen LogP contribution in [0.15, 0.2) is 34.9 Å². The van der Waals surface area contributed by atoms with Crippen LogP contribution < -0.4 is 10.4 Å². The Morgan fingerprint density at radius 3 is 2.76 bits per heavy atom. The number of rotatable bonds is 4. The van der Waals surface area contributed by atoms with E-state index in [1.54, 1.807) is 12.3 Å². The van der Waals surface area contributed by atoms with Gasteiger partial charge >= 0.3 is 0 Å². The summed E-state index contributed by atoms with van der Waals surface area (Å²) in [6, 6.07) is 6.83. The Balaban J connectivity index is 1.99. The van der Waals surface area contributed by atoms with Gasteiger partial charge < -0.3 is 14.8 Å². The number of nitrogens with two attached hydrogens (primary N) is 1. The van der Waals surface area contributed by atoms with Gasteiger partial charge in [0.15, 0.2) is 5.76 Å². The van der Waals surface area contributed by atoms with E-state index < -0.39 is 0 Å². The fourth-order valence-corrected chi connectivity index (χ4v) is 2.10. The van der Waals surface area contributed by atoms with Crippen molar-refractivity contribution in [1.82, 2.24) is 0 Å². The highest BCUT2D eigenvalue weighted by Gasteiger charge is 2.04. The van der Waals surface area contributed by atoms with E-state index in [1.807, 2.05) is 17.4 Å². The summed E-state index contributed by atoms with van der Waals surface area (Å²) in [4.78, 5) is 0. The molecule has 0 saturated carbocycles. The van der Waals surface area contributed by atoms with Gasteiger partial charge in [0.1, 0.15) is 13.1 Å². The van der Waals surface area contributed by atoms with Crippen molar-refractivity contribution in [2.45, 2.75) is 13.1 Å². The van der Waals surface area contributed by atoms with Gasteiger partial charge in [-0.1, -0.05) is 29.0 Å². The van der Waals surface area contributed by atoms with Gasteiger partial charge in [-0.05, 0) is 24.3 Å². The van der Waals surface area contributed by atoms with E-state index in [0.29, 0.717) is 23.7 Å². The van der Waals surface area contributed by atoms with E-state index in [2.05, 4.69) is 0 Å². The molecule has 0 spiro atoms. The van der Waals surface area contributed by atoms with Crippen molar-refractivity contribution in [1.29, 1.82) is 0 Å². The second-order valence-electron chi connectivity index (χ2n) is 3.65. The van der Waals surface area contributed by atoms with Crippen LogP contribution in [0.3, 0.4) is 0 Å². The third-order valence-corrected chi connectivity index (χ3v) is 2.87. The van der Waals surface area contributed by atoms with Gasteiger partial charge in [0.25, 0.3) is 0 Å². The highest BCUT2D eigenvalue weighted by Crippen LogP contribution is 2.28. The minimum absolute atomic E-state index is 0.160. The lowest BCUT2D eigenvalue weighted by atomic mass is 10.2. The van der Waals surface area contributed by atoms with Crippen LogP contribution in [0.5, 0.6) is 5.75 Å². The van der Waals surface area contributed by atoms with Gasteiger partial charge in [-0.2, -0.15) is 0 Å². The number of hydrogen-bond donors (Lipinski definition) is 1. The lowest BCUT2D eigenvalue weighted by molar-refractivity contribution is -0.688. The Bertz CT molecular complexity index is 497. The lowest BCUT2D eigenvalue weighted by Crippen LogP contribution is -2.80. The first kappa shape index (κ1) is 12.3. The number of hydrogen-bond acceptors (Lipinski definition) is 2. The van der Waals surface area contributed by atoms with Crippen LogP contribution in [0.1, 0.15) is 11.3 Å². The summed E-state index contributed by atoms with van der Waals surface area (Å²) in [5.74, 6) is 0.706. The summed E-state index contributed by atoms with van der Waals surface area (Å²) in [7, 11) is 0. The van der Waals surface area contributed by atoms with Crippen LogP contribution in [0.25, 0.3) is 0 Å². The highest BCUT2D eigenvalue weighted by molar-refractivity contribution is 6.35. The molecule has 2 N–H and O–H groups in total. The maximum atomic E-state index is 11.7. The molecule has 0 aliphatic carbocycles. The molecule has 5 heteroatoms. The topological polar surface area (TPSA) is 52.8 Å². The van der Waals surface area contributed by atoms with E-state index in [-0.39, 0.29) is 10.8 Å². The molecule has 0 aliphatic heterocycles. The van der Waals surface area contributed by atoms with E-state index in [4.69, 9.17) is 27.6 Å². The monoisotopic (exact) mass is 271 g/mol. The van der Waals surface area contributed by atoms with E-state index >= 15 is 0 Å². The zero-order valence-corrected chi connectivity index (χ0v) is 10.5. The van der Waals surface area contributed by atoms with Crippen LogP contribution in [0.4, 0.5) is 0 Å². The molecule has 1 aromatic heterocycles. The maximum absolute atomic E-state index is 11.7. The SMILES string of the molecule is [O-]c1c(Cl)cc(Cl)cc1C[NH2+]Cc1ccco1. The average molecular weight is 272 g/mol. The minimum atomic E-state index is -0.160. The largest absolute Gasteiger partial charge is 0.871 e. The third kappa shape index (κ3) is 3.16. The van der Waals surface area contributed by atoms with Gasteiger partial charge in [-0.15, -0.1) is 0 Å². The van der Waals surface area contributed by atoms with Gasteiger partial charge in [-0.25, -0.2) is 0 Å². The summed E-state index contributed by atoms with van der Waals surface area (Å²) in [6.07, 6.45) is 1.62. The third-order valence-electron chi connectivity index (χ3n) is 2.38. The van der Waals surface area contributed by atoms with Crippen molar-refractivity contribution in [3.8, 4) is 5.75 Å². The number of halogens is 2. The van der Waals surface area contributed by atoms with Gasteiger partial charge in [0, 0.05) is 15.6 Å². The molecule has 0 atom stereocenters. The summed E-state index contributed by atoms with van der Waals surface area (Å²) in [6.45, 7) is 1.20. The summed E-state index contributed by atoms with van der Waals surface area (Å²) in [5, 5.41) is 14.3. The average Bonchev–Trinajstić information content (AvgIpc) is 2.78. The van der Waals surface area contributed by atoms with Crippen molar-refractivity contribution in [2.24, 2.45) is 0 Å². The second kappa shape index (κ2) is 5.45. The summed E-state index contributed by atoms with van der Waals surface area (Å²) >= 11 is 11.6. The smallest absolute Gasteiger partial charge is 0.157 e. The molecule has 0 saturated heterocycles. The number of benzene rings is 1. The Labute approximate surface area is 109 Å². The van der Waals surface area contributed by atoms with Crippen LogP contribution in [-0.2, 0) is 13.1 Å². The Morgan fingerprint density at radius 1 is 1.24 bits per heavy atom. The molecule has 1 heterocycles. The Kier molecular flexibility index (Phi) is 3.94. The molecular weight excluding hydrogens is 261 g/mol. The molecule has 0 radical (unpaired) electrons. The van der Waals surface area contributed by atoms with Crippen LogP contribution >= 0.6 is 23.2 Å². The number of furan rings is 1.